The monoisotopic (exact) mass is 260 g/mol. The van der Waals surface area contributed by atoms with Crippen molar-refractivity contribution in [3.05, 3.63) is 30.1 Å². The number of rotatable bonds is 7. The van der Waals surface area contributed by atoms with Gasteiger partial charge in [-0.05, 0) is 25.5 Å². The Balaban J connectivity index is 2.11. The third kappa shape index (κ3) is 3.35. The maximum Gasteiger partial charge on any atom is 0.112 e. The first-order valence-corrected chi connectivity index (χ1v) is 7.38. The lowest BCUT2D eigenvalue weighted by Crippen LogP contribution is -2.14. The zero-order valence-corrected chi connectivity index (χ0v) is 12.0. The average molecular weight is 260 g/mol. The normalized spacial score (nSPS) is 13.0. The molecule has 2 rings (SSSR count). The number of aryl methyl sites for hydroxylation is 1. The SMILES string of the molecule is CCCCCC(O)Cc1nc2ccccc2n1CC. The second-order valence-electron chi connectivity index (χ2n) is 5.11. The quantitative estimate of drug-likeness (QED) is 0.773. The van der Waals surface area contributed by atoms with Gasteiger partial charge in [0, 0.05) is 13.0 Å². The second kappa shape index (κ2) is 6.71. The highest BCUT2D eigenvalue weighted by atomic mass is 16.3. The molecule has 0 saturated heterocycles. The van der Waals surface area contributed by atoms with Crippen LogP contribution in [0.25, 0.3) is 11.0 Å². The van der Waals surface area contributed by atoms with Crippen LogP contribution < -0.4 is 0 Å². The lowest BCUT2D eigenvalue weighted by atomic mass is 10.1. The number of unbranched alkanes of at least 4 members (excludes halogenated alkanes) is 2. The Morgan fingerprint density at radius 2 is 2.00 bits per heavy atom. The average Bonchev–Trinajstić information content (AvgIpc) is 2.76. The van der Waals surface area contributed by atoms with Crippen LogP contribution in [-0.2, 0) is 13.0 Å². The van der Waals surface area contributed by atoms with Crippen LogP contribution in [0.4, 0.5) is 0 Å². The van der Waals surface area contributed by atoms with Crippen LogP contribution in [0, 0.1) is 0 Å². The number of para-hydroxylation sites is 2. The van der Waals surface area contributed by atoms with Gasteiger partial charge >= 0.3 is 0 Å². The molecule has 0 aliphatic heterocycles. The van der Waals surface area contributed by atoms with Gasteiger partial charge in [0.15, 0.2) is 0 Å². The zero-order chi connectivity index (χ0) is 13.7. The molecule has 1 unspecified atom stereocenters. The maximum atomic E-state index is 10.1. The summed E-state index contributed by atoms with van der Waals surface area (Å²) in [4.78, 5) is 4.65. The lowest BCUT2D eigenvalue weighted by Gasteiger charge is -2.11. The van der Waals surface area contributed by atoms with Gasteiger partial charge in [-0.2, -0.15) is 0 Å². The molecule has 1 N–H and O–H groups in total. The molecule has 0 amide bonds. The predicted molar refractivity (Wildman–Crippen MR) is 79.3 cm³/mol. The van der Waals surface area contributed by atoms with E-state index in [0.29, 0.717) is 6.42 Å². The molecule has 1 aromatic heterocycles. The van der Waals surface area contributed by atoms with Crippen molar-refractivity contribution in [3.63, 3.8) is 0 Å². The topological polar surface area (TPSA) is 38.1 Å². The van der Waals surface area contributed by atoms with Crippen molar-refractivity contribution in [2.45, 2.75) is 58.6 Å². The summed E-state index contributed by atoms with van der Waals surface area (Å²) >= 11 is 0. The molecule has 0 saturated carbocycles. The number of imidazole rings is 1. The summed E-state index contributed by atoms with van der Waals surface area (Å²) in [5.41, 5.74) is 2.20. The molecule has 3 nitrogen and oxygen atoms in total. The van der Waals surface area contributed by atoms with E-state index in [1.807, 2.05) is 18.2 Å². The third-order valence-electron chi connectivity index (χ3n) is 3.61. The van der Waals surface area contributed by atoms with Crippen LogP contribution in [0.15, 0.2) is 24.3 Å². The summed E-state index contributed by atoms with van der Waals surface area (Å²) < 4.78 is 2.21. The summed E-state index contributed by atoms with van der Waals surface area (Å²) in [6.07, 6.45) is 4.76. The zero-order valence-electron chi connectivity index (χ0n) is 12.0. The highest BCUT2D eigenvalue weighted by Crippen LogP contribution is 2.18. The standard InChI is InChI=1S/C16H24N2O/c1-3-5-6-9-13(19)12-16-17-14-10-7-8-11-15(14)18(16)4-2/h7-8,10-11,13,19H,3-6,9,12H2,1-2H3. The fourth-order valence-corrected chi connectivity index (χ4v) is 2.58. The summed E-state index contributed by atoms with van der Waals surface area (Å²) in [6, 6.07) is 8.18. The number of aromatic nitrogens is 2. The van der Waals surface area contributed by atoms with Gasteiger partial charge in [-0.25, -0.2) is 4.98 Å². The Kier molecular flexibility index (Phi) is 4.97. The Hall–Kier alpha value is -1.35. The Morgan fingerprint density at radius 3 is 2.74 bits per heavy atom. The lowest BCUT2D eigenvalue weighted by molar-refractivity contribution is 0.158. The first-order chi connectivity index (χ1) is 9.26. The van der Waals surface area contributed by atoms with Crippen molar-refractivity contribution in [3.8, 4) is 0 Å². The summed E-state index contributed by atoms with van der Waals surface area (Å²) in [7, 11) is 0. The van der Waals surface area contributed by atoms with Crippen molar-refractivity contribution >= 4 is 11.0 Å². The summed E-state index contributed by atoms with van der Waals surface area (Å²) in [5.74, 6) is 1.01. The van der Waals surface area contributed by atoms with E-state index in [9.17, 15) is 5.11 Å². The number of aliphatic hydroxyl groups excluding tert-OH is 1. The van der Waals surface area contributed by atoms with Crippen LogP contribution >= 0.6 is 0 Å². The molecular formula is C16H24N2O. The number of nitrogens with zero attached hydrogens (tertiary/aromatic N) is 2. The third-order valence-corrected chi connectivity index (χ3v) is 3.61. The summed E-state index contributed by atoms with van der Waals surface area (Å²) in [5, 5.41) is 10.1. The van der Waals surface area contributed by atoms with Crippen LogP contribution in [0.1, 0.15) is 45.4 Å². The first kappa shape index (κ1) is 14.1. The van der Waals surface area contributed by atoms with E-state index < -0.39 is 0 Å². The molecule has 0 aliphatic rings. The molecule has 3 heteroatoms. The molecule has 19 heavy (non-hydrogen) atoms. The molecule has 1 aromatic carbocycles. The summed E-state index contributed by atoms with van der Waals surface area (Å²) in [6.45, 7) is 5.21. The molecule has 104 valence electrons. The van der Waals surface area contributed by atoms with E-state index in [0.717, 1.165) is 30.7 Å². The van der Waals surface area contributed by atoms with E-state index >= 15 is 0 Å². The van der Waals surface area contributed by atoms with E-state index in [4.69, 9.17) is 0 Å². The second-order valence-corrected chi connectivity index (χ2v) is 5.11. The van der Waals surface area contributed by atoms with Gasteiger partial charge in [0.05, 0.1) is 17.1 Å². The van der Waals surface area contributed by atoms with Gasteiger partial charge in [0.2, 0.25) is 0 Å². The van der Waals surface area contributed by atoms with Crippen molar-refractivity contribution in [1.29, 1.82) is 0 Å². The van der Waals surface area contributed by atoms with Crippen molar-refractivity contribution in [2.24, 2.45) is 0 Å². The van der Waals surface area contributed by atoms with Crippen molar-refractivity contribution in [2.75, 3.05) is 0 Å². The predicted octanol–water partition coefficient (Wildman–Crippen LogP) is 3.54. The van der Waals surface area contributed by atoms with Gasteiger partial charge in [0.1, 0.15) is 5.82 Å². The molecule has 0 spiro atoms. The van der Waals surface area contributed by atoms with Crippen LogP contribution in [0.5, 0.6) is 0 Å². The smallest absolute Gasteiger partial charge is 0.112 e. The van der Waals surface area contributed by atoms with E-state index in [1.54, 1.807) is 0 Å². The van der Waals surface area contributed by atoms with Crippen LogP contribution in [0.3, 0.4) is 0 Å². The highest BCUT2D eigenvalue weighted by molar-refractivity contribution is 5.75. The number of benzene rings is 1. The van der Waals surface area contributed by atoms with Gasteiger partial charge in [-0.15, -0.1) is 0 Å². The highest BCUT2D eigenvalue weighted by Gasteiger charge is 2.13. The largest absolute Gasteiger partial charge is 0.393 e. The fourth-order valence-electron chi connectivity index (χ4n) is 2.58. The minimum atomic E-state index is -0.270. The van der Waals surface area contributed by atoms with E-state index in [1.165, 1.54) is 18.4 Å². The molecular weight excluding hydrogens is 236 g/mol. The molecule has 1 heterocycles. The minimum Gasteiger partial charge on any atom is -0.393 e. The Labute approximate surface area is 115 Å². The van der Waals surface area contributed by atoms with Crippen LogP contribution in [0.2, 0.25) is 0 Å². The van der Waals surface area contributed by atoms with E-state index in [2.05, 4.69) is 29.5 Å². The van der Waals surface area contributed by atoms with E-state index in [-0.39, 0.29) is 6.10 Å². The molecule has 0 fully saturated rings. The van der Waals surface area contributed by atoms with Gasteiger partial charge in [-0.3, -0.25) is 0 Å². The molecule has 2 aromatic rings. The molecule has 0 bridgehead atoms. The van der Waals surface area contributed by atoms with Crippen LogP contribution in [-0.4, -0.2) is 20.8 Å². The Morgan fingerprint density at radius 1 is 1.21 bits per heavy atom. The van der Waals surface area contributed by atoms with Crippen molar-refractivity contribution in [1.82, 2.24) is 9.55 Å². The minimum absolute atomic E-state index is 0.270. The fraction of sp³-hybridized carbons (Fsp3) is 0.562. The van der Waals surface area contributed by atoms with Gasteiger partial charge in [0.25, 0.3) is 0 Å². The van der Waals surface area contributed by atoms with Gasteiger partial charge in [-0.1, -0.05) is 38.3 Å². The molecule has 0 radical (unpaired) electrons. The number of aliphatic hydroxyl groups is 1. The molecule has 1 atom stereocenters. The maximum absolute atomic E-state index is 10.1. The number of fused-ring (bicyclic) bond motifs is 1. The van der Waals surface area contributed by atoms with Gasteiger partial charge < -0.3 is 9.67 Å². The number of hydrogen-bond donors (Lipinski definition) is 1. The molecule has 0 aliphatic carbocycles. The first-order valence-electron chi connectivity index (χ1n) is 7.38. The Bertz CT molecular complexity index is 518. The van der Waals surface area contributed by atoms with Crippen molar-refractivity contribution < 1.29 is 5.11 Å². The number of hydrogen-bond acceptors (Lipinski definition) is 2.